The van der Waals surface area contributed by atoms with E-state index in [-0.39, 0.29) is 22.8 Å². The fraction of sp³-hybridized carbons (Fsp3) is 0.346. The number of pyridine rings is 2. The number of benzene rings is 1. The van der Waals surface area contributed by atoms with Gasteiger partial charge >= 0.3 is 0 Å². The molecule has 2 N–H and O–H groups in total. The number of sulfonamides is 1. The number of halogens is 1. The van der Waals surface area contributed by atoms with Crippen LogP contribution < -0.4 is 19.9 Å². The number of anilines is 1. The lowest BCUT2D eigenvalue weighted by atomic mass is 9.90. The van der Waals surface area contributed by atoms with Crippen LogP contribution >= 0.6 is 0 Å². The van der Waals surface area contributed by atoms with Gasteiger partial charge in [-0.15, -0.1) is 0 Å². The maximum atomic E-state index is 13.9. The van der Waals surface area contributed by atoms with Crippen molar-refractivity contribution in [2.75, 3.05) is 18.1 Å². The molecule has 0 aliphatic carbocycles. The van der Waals surface area contributed by atoms with Crippen LogP contribution in [-0.4, -0.2) is 43.0 Å². The van der Waals surface area contributed by atoms with Gasteiger partial charge in [-0.1, -0.05) is 6.92 Å². The first-order valence-corrected chi connectivity index (χ1v) is 13.4. The SMILES string of the molecule is CCOc1cc(F)ccc1-c1ccc(C(=O)NS(=O)(=O)c2ccc[nH]c2=O)c(N2CCC(C)C2(C)C)n1. The van der Waals surface area contributed by atoms with E-state index in [2.05, 4.69) is 11.9 Å². The smallest absolute Gasteiger partial charge is 0.269 e. The van der Waals surface area contributed by atoms with E-state index in [1.54, 1.807) is 19.1 Å². The van der Waals surface area contributed by atoms with Crippen molar-refractivity contribution in [3.8, 4) is 17.0 Å². The lowest BCUT2D eigenvalue weighted by Gasteiger charge is -2.36. The predicted molar refractivity (Wildman–Crippen MR) is 138 cm³/mol. The second-order valence-electron chi connectivity index (χ2n) is 9.43. The van der Waals surface area contributed by atoms with Crippen molar-refractivity contribution in [1.82, 2.24) is 14.7 Å². The van der Waals surface area contributed by atoms with E-state index in [1.807, 2.05) is 23.5 Å². The van der Waals surface area contributed by atoms with Crippen molar-refractivity contribution in [3.63, 3.8) is 0 Å². The fourth-order valence-corrected chi connectivity index (χ4v) is 5.45. The number of nitrogens with one attached hydrogen (secondary N) is 2. The summed E-state index contributed by atoms with van der Waals surface area (Å²) < 4.78 is 47.2. The minimum absolute atomic E-state index is 0.0296. The molecule has 3 aromatic rings. The van der Waals surface area contributed by atoms with E-state index >= 15 is 0 Å². The molecule has 0 bridgehead atoms. The van der Waals surface area contributed by atoms with Gasteiger partial charge in [0.1, 0.15) is 17.4 Å². The number of hydrogen-bond acceptors (Lipinski definition) is 7. The van der Waals surface area contributed by atoms with Gasteiger partial charge in [0.05, 0.1) is 17.9 Å². The molecule has 1 fully saturated rings. The lowest BCUT2D eigenvalue weighted by molar-refractivity contribution is 0.0981. The fourth-order valence-electron chi connectivity index (χ4n) is 4.42. The van der Waals surface area contributed by atoms with Gasteiger partial charge in [-0.25, -0.2) is 22.5 Å². The summed E-state index contributed by atoms with van der Waals surface area (Å²) in [4.78, 5) is 33.8. The van der Waals surface area contributed by atoms with Gasteiger partial charge in [0.2, 0.25) is 0 Å². The molecular formula is C26H29FN4O5S. The Morgan fingerprint density at radius 1 is 1.27 bits per heavy atom. The first-order chi connectivity index (χ1) is 17.5. The topological polar surface area (TPSA) is 121 Å². The standard InChI is InChI=1S/C26H29FN4O5S/c1-5-36-21-15-17(27)8-9-18(21)20-11-10-19(23(29-20)31-14-12-16(2)26(31,3)4)24(32)30-37(34,35)22-7-6-13-28-25(22)33/h6-11,13,15-16H,5,12,14H2,1-4H3,(H,28,33)(H,30,32). The summed E-state index contributed by atoms with van der Waals surface area (Å²) >= 11 is 0. The second-order valence-corrected chi connectivity index (χ2v) is 11.1. The molecule has 1 saturated heterocycles. The van der Waals surface area contributed by atoms with E-state index in [9.17, 15) is 22.4 Å². The van der Waals surface area contributed by atoms with Crippen LogP contribution in [0.2, 0.25) is 0 Å². The Bertz CT molecular complexity index is 1500. The van der Waals surface area contributed by atoms with Crippen molar-refractivity contribution < 1.29 is 22.3 Å². The first-order valence-electron chi connectivity index (χ1n) is 11.9. The molecular weight excluding hydrogens is 499 g/mol. The van der Waals surface area contributed by atoms with Gasteiger partial charge in [0.25, 0.3) is 21.5 Å². The first kappa shape index (κ1) is 26.3. The average molecular weight is 529 g/mol. The summed E-state index contributed by atoms with van der Waals surface area (Å²) in [6, 6.07) is 9.63. The van der Waals surface area contributed by atoms with Crippen molar-refractivity contribution >= 4 is 21.7 Å². The maximum absolute atomic E-state index is 13.9. The number of ether oxygens (including phenoxy) is 1. The zero-order chi connectivity index (χ0) is 27.0. The number of amides is 1. The van der Waals surface area contributed by atoms with Crippen LogP contribution in [0, 0.1) is 11.7 Å². The summed E-state index contributed by atoms with van der Waals surface area (Å²) in [6.07, 6.45) is 2.14. The lowest BCUT2D eigenvalue weighted by Crippen LogP contribution is -2.44. The molecule has 1 aromatic carbocycles. The van der Waals surface area contributed by atoms with E-state index in [0.29, 0.717) is 30.2 Å². The number of hydrogen-bond donors (Lipinski definition) is 2. The Morgan fingerprint density at radius 2 is 2.03 bits per heavy atom. The highest BCUT2D eigenvalue weighted by Gasteiger charge is 2.41. The van der Waals surface area contributed by atoms with Crippen LogP contribution in [0.5, 0.6) is 5.75 Å². The highest BCUT2D eigenvalue weighted by atomic mass is 32.2. The third-order valence-corrected chi connectivity index (χ3v) is 8.24. The third-order valence-electron chi connectivity index (χ3n) is 6.88. The average Bonchev–Trinajstić information content (AvgIpc) is 3.10. The van der Waals surface area contributed by atoms with Crippen molar-refractivity contribution in [2.24, 2.45) is 5.92 Å². The van der Waals surface area contributed by atoms with Crippen LogP contribution in [0.1, 0.15) is 44.5 Å². The maximum Gasteiger partial charge on any atom is 0.269 e. The van der Waals surface area contributed by atoms with Gasteiger partial charge in [-0.3, -0.25) is 9.59 Å². The number of nitrogens with zero attached hydrogens (tertiary/aromatic N) is 2. The van der Waals surface area contributed by atoms with E-state index in [4.69, 9.17) is 9.72 Å². The number of aromatic amines is 1. The Kier molecular flexibility index (Phi) is 7.09. The van der Waals surface area contributed by atoms with Crippen molar-refractivity contribution in [1.29, 1.82) is 0 Å². The zero-order valence-electron chi connectivity index (χ0n) is 21.0. The number of carbonyl (C=O) groups excluding carboxylic acids is 1. The Hall–Kier alpha value is -3.73. The normalized spacial score (nSPS) is 17.0. The minimum Gasteiger partial charge on any atom is -0.493 e. The molecule has 0 spiro atoms. The molecule has 196 valence electrons. The highest BCUT2D eigenvalue weighted by Crippen LogP contribution is 2.40. The molecule has 9 nitrogen and oxygen atoms in total. The summed E-state index contributed by atoms with van der Waals surface area (Å²) in [5.41, 5.74) is -0.230. The van der Waals surface area contributed by atoms with E-state index in [0.717, 1.165) is 12.5 Å². The molecule has 0 saturated carbocycles. The van der Waals surface area contributed by atoms with Crippen molar-refractivity contribution in [3.05, 3.63) is 70.4 Å². The summed E-state index contributed by atoms with van der Waals surface area (Å²) in [5, 5.41) is 0. The Labute approximate surface area is 214 Å². The molecule has 0 radical (unpaired) electrons. The van der Waals surface area contributed by atoms with Gasteiger partial charge in [0, 0.05) is 29.9 Å². The second kappa shape index (κ2) is 9.97. The number of rotatable bonds is 7. The molecule has 3 heterocycles. The molecule has 1 aliphatic heterocycles. The van der Waals surface area contributed by atoms with Crippen molar-refractivity contribution in [2.45, 2.75) is 44.6 Å². The zero-order valence-corrected chi connectivity index (χ0v) is 21.9. The van der Waals surface area contributed by atoms with Gasteiger partial charge < -0.3 is 14.6 Å². The summed E-state index contributed by atoms with van der Waals surface area (Å²) in [5.74, 6) is -0.521. The van der Waals surface area contributed by atoms with Crippen LogP contribution in [0.15, 0.2) is 58.4 Å². The minimum atomic E-state index is -4.45. The molecule has 4 rings (SSSR count). The van der Waals surface area contributed by atoms with Crippen LogP contribution in [0.25, 0.3) is 11.3 Å². The van der Waals surface area contributed by atoms with E-state index < -0.39 is 32.2 Å². The molecule has 2 aromatic heterocycles. The van der Waals surface area contributed by atoms with Gasteiger partial charge in [-0.05, 0) is 69.5 Å². The van der Waals surface area contributed by atoms with Crippen LogP contribution in [-0.2, 0) is 10.0 Å². The number of H-pyrrole nitrogens is 1. The predicted octanol–water partition coefficient (Wildman–Crippen LogP) is 3.72. The van der Waals surface area contributed by atoms with Gasteiger partial charge in [0.15, 0.2) is 4.90 Å². The number of aromatic nitrogens is 2. The Morgan fingerprint density at radius 3 is 2.68 bits per heavy atom. The molecule has 37 heavy (non-hydrogen) atoms. The molecule has 11 heteroatoms. The largest absolute Gasteiger partial charge is 0.493 e. The number of carbonyl (C=O) groups is 1. The third kappa shape index (κ3) is 5.08. The molecule has 1 amide bonds. The molecule has 1 aliphatic rings. The van der Waals surface area contributed by atoms with Gasteiger partial charge in [-0.2, -0.15) is 0 Å². The summed E-state index contributed by atoms with van der Waals surface area (Å²) in [6.45, 7) is 8.86. The summed E-state index contributed by atoms with van der Waals surface area (Å²) in [7, 11) is -4.45. The quantitative estimate of drug-likeness (QED) is 0.479. The molecule has 1 unspecified atom stereocenters. The van der Waals surface area contributed by atoms with Crippen LogP contribution in [0.4, 0.5) is 10.2 Å². The van der Waals surface area contributed by atoms with Crippen LogP contribution in [0.3, 0.4) is 0 Å². The highest BCUT2D eigenvalue weighted by molar-refractivity contribution is 7.90. The monoisotopic (exact) mass is 528 g/mol. The Balaban J connectivity index is 1.82. The molecule has 1 atom stereocenters. The van der Waals surface area contributed by atoms with E-state index in [1.165, 1.54) is 30.5 Å².